The first-order valence-electron chi connectivity index (χ1n) is 14.7. The second-order valence-electron chi connectivity index (χ2n) is 11.6. The monoisotopic (exact) mass is 591 g/mol. The normalized spacial score (nSPS) is 20.8. The zero-order chi connectivity index (χ0) is 29.5. The fourth-order valence-electron chi connectivity index (χ4n) is 5.66. The van der Waals surface area contributed by atoms with Crippen molar-refractivity contribution in [3.05, 3.63) is 95.6 Å². The maximum atomic E-state index is 13.0. The number of β-amino-alcohol motifs (C(OH)–C–C–N with tert-alkyl or cyclic N) is 1. The first-order chi connectivity index (χ1) is 20.2. The highest BCUT2D eigenvalue weighted by Gasteiger charge is 2.28. The van der Waals surface area contributed by atoms with E-state index in [1.54, 1.807) is 12.1 Å². The van der Waals surface area contributed by atoms with E-state index in [0.717, 1.165) is 57.7 Å². The van der Waals surface area contributed by atoms with Gasteiger partial charge in [0.1, 0.15) is 5.75 Å². The van der Waals surface area contributed by atoms with E-state index in [9.17, 15) is 18.3 Å². The second-order valence-corrected chi connectivity index (χ2v) is 13.7. The summed E-state index contributed by atoms with van der Waals surface area (Å²) in [6.45, 7) is 6.62. The average molecular weight is 592 g/mol. The lowest BCUT2D eigenvalue weighted by molar-refractivity contribution is 0.0245. The van der Waals surface area contributed by atoms with Gasteiger partial charge >= 0.3 is 5.97 Å². The lowest BCUT2D eigenvalue weighted by atomic mass is 9.88. The van der Waals surface area contributed by atoms with E-state index in [-0.39, 0.29) is 16.6 Å². The van der Waals surface area contributed by atoms with Crippen LogP contribution < -0.4 is 4.74 Å². The minimum absolute atomic E-state index is 0.0390. The fraction of sp³-hybridized carbons (Fsp3) is 0.424. The number of piperidine rings is 1. The Morgan fingerprint density at radius 3 is 2.21 bits per heavy atom. The largest absolute Gasteiger partial charge is 0.423 e. The van der Waals surface area contributed by atoms with Gasteiger partial charge in [-0.25, -0.2) is 13.2 Å². The van der Waals surface area contributed by atoms with Crippen LogP contribution in [0.2, 0.25) is 0 Å². The molecule has 2 heterocycles. The van der Waals surface area contributed by atoms with E-state index < -0.39 is 21.9 Å². The number of hydrogen-bond donors (Lipinski definition) is 1. The molecule has 3 aromatic carbocycles. The third-order valence-corrected chi connectivity index (χ3v) is 10.1. The Balaban J connectivity index is 1.08. The van der Waals surface area contributed by atoms with E-state index in [1.807, 2.05) is 35.2 Å². The Hall–Kier alpha value is -3.08. The van der Waals surface area contributed by atoms with Crippen LogP contribution in [-0.2, 0) is 22.8 Å². The van der Waals surface area contributed by atoms with Crippen molar-refractivity contribution in [1.82, 2.24) is 14.7 Å². The molecule has 2 fully saturated rings. The number of hydrogen-bond acceptors (Lipinski definition) is 8. The predicted octanol–water partition coefficient (Wildman–Crippen LogP) is 3.35. The minimum Gasteiger partial charge on any atom is -0.423 e. The minimum atomic E-state index is -3.53. The molecular formula is C33H41N3O5S. The summed E-state index contributed by atoms with van der Waals surface area (Å²) >= 11 is 0. The molecule has 42 heavy (non-hydrogen) atoms. The first-order valence-corrected chi connectivity index (χ1v) is 16.4. The van der Waals surface area contributed by atoms with E-state index in [2.05, 4.69) is 29.0 Å². The zero-order valence-electron chi connectivity index (χ0n) is 24.3. The van der Waals surface area contributed by atoms with Gasteiger partial charge in [-0.2, -0.15) is 0 Å². The second kappa shape index (κ2) is 13.9. The Bertz CT molecular complexity index is 1410. The van der Waals surface area contributed by atoms with Crippen LogP contribution in [0.5, 0.6) is 5.75 Å². The summed E-state index contributed by atoms with van der Waals surface area (Å²) in [6, 6.07) is 23.6. The number of esters is 1. The number of piperazine rings is 1. The van der Waals surface area contributed by atoms with Gasteiger partial charge in [-0.15, -0.1) is 0 Å². The number of carbonyl (C=O) groups is 1. The van der Waals surface area contributed by atoms with Gasteiger partial charge in [-0.1, -0.05) is 42.5 Å². The molecular weight excluding hydrogens is 550 g/mol. The maximum Gasteiger partial charge on any atom is 0.343 e. The number of aliphatic hydroxyl groups is 1. The van der Waals surface area contributed by atoms with Gasteiger partial charge in [0.15, 0.2) is 9.84 Å². The Labute approximate surface area is 249 Å². The molecule has 0 spiro atoms. The summed E-state index contributed by atoms with van der Waals surface area (Å²) in [5.74, 6) is -0.0477. The van der Waals surface area contributed by atoms with Crippen molar-refractivity contribution in [2.75, 3.05) is 58.6 Å². The molecule has 1 N–H and O–H groups in total. The van der Waals surface area contributed by atoms with Crippen LogP contribution in [0.3, 0.4) is 0 Å². The lowest BCUT2D eigenvalue weighted by Gasteiger charge is -2.36. The van der Waals surface area contributed by atoms with Gasteiger partial charge in [-0.05, 0) is 79.9 Å². The number of likely N-dealkylation sites (N-methyl/N-ethyl adjacent to an activating group) is 1. The van der Waals surface area contributed by atoms with E-state index >= 15 is 0 Å². The molecule has 1 unspecified atom stereocenters. The highest BCUT2D eigenvalue weighted by molar-refractivity contribution is 7.91. The first kappa shape index (κ1) is 30.4. The number of ether oxygens (including phenoxy) is 1. The molecule has 3 aromatic rings. The average Bonchev–Trinajstić information content (AvgIpc) is 3.00. The van der Waals surface area contributed by atoms with E-state index in [1.165, 1.54) is 29.8 Å². The number of benzene rings is 3. The van der Waals surface area contributed by atoms with Crippen LogP contribution in [-0.4, -0.2) is 98.9 Å². The van der Waals surface area contributed by atoms with Crippen molar-refractivity contribution in [1.29, 1.82) is 0 Å². The van der Waals surface area contributed by atoms with Gasteiger partial charge in [0.05, 0.1) is 22.3 Å². The lowest BCUT2D eigenvalue weighted by Crippen LogP contribution is -2.46. The number of nitrogens with zero attached hydrogens (tertiary/aromatic N) is 3. The van der Waals surface area contributed by atoms with Crippen molar-refractivity contribution >= 4 is 15.8 Å². The fourth-order valence-corrected chi connectivity index (χ4v) is 6.95. The molecule has 5 rings (SSSR count). The van der Waals surface area contributed by atoms with Crippen molar-refractivity contribution in [3.63, 3.8) is 0 Å². The van der Waals surface area contributed by atoms with Crippen LogP contribution in [0, 0.1) is 5.92 Å². The number of sulfone groups is 1. The summed E-state index contributed by atoms with van der Waals surface area (Å²) in [5.41, 5.74) is 2.81. The topological polar surface area (TPSA) is 90.4 Å². The van der Waals surface area contributed by atoms with Crippen LogP contribution in [0.25, 0.3) is 0 Å². The SMILES string of the molecule is CN1CCN(Cc2ccc(C(=O)Oc3ccc(S(=O)(=O)CCN4CCC(Cc5ccccc5)[C@H](O)C4)cc3)cc2)CC1. The third kappa shape index (κ3) is 8.26. The van der Waals surface area contributed by atoms with Crippen LogP contribution in [0.4, 0.5) is 0 Å². The van der Waals surface area contributed by atoms with Crippen LogP contribution in [0.15, 0.2) is 83.8 Å². The Morgan fingerprint density at radius 1 is 0.857 bits per heavy atom. The molecule has 0 aliphatic carbocycles. The molecule has 0 amide bonds. The van der Waals surface area contributed by atoms with Gasteiger partial charge in [0.2, 0.25) is 0 Å². The summed E-state index contributed by atoms with van der Waals surface area (Å²) in [7, 11) is -1.39. The summed E-state index contributed by atoms with van der Waals surface area (Å²) in [5, 5.41) is 10.7. The molecule has 0 aromatic heterocycles. The molecule has 8 nitrogen and oxygen atoms in total. The van der Waals surface area contributed by atoms with Crippen LogP contribution in [0.1, 0.15) is 27.9 Å². The summed E-state index contributed by atoms with van der Waals surface area (Å²) in [6.07, 6.45) is 1.17. The molecule has 0 bridgehead atoms. The van der Waals surface area contributed by atoms with Gasteiger partial charge < -0.3 is 14.7 Å². The summed E-state index contributed by atoms with van der Waals surface area (Å²) in [4.78, 5) is 19.6. The third-order valence-electron chi connectivity index (χ3n) is 8.41. The molecule has 0 radical (unpaired) electrons. The molecule has 2 saturated heterocycles. The van der Waals surface area contributed by atoms with Crippen LogP contribution >= 0.6 is 0 Å². The predicted molar refractivity (Wildman–Crippen MR) is 163 cm³/mol. The zero-order valence-corrected chi connectivity index (χ0v) is 25.1. The van der Waals surface area contributed by atoms with Gasteiger partial charge in [0, 0.05) is 45.8 Å². The quantitative estimate of drug-likeness (QED) is 0.284. The smallest absolute Gasteiger partial charge is 0.343 e. The van der Waals surface area contributed by atoms with E-state index in [0.29, 0.717) is 24.4 Å². The molecule has 224 valence electrons. The summed E-state index contributed by atoms with van der Waals surface area (Å²) < 4.78 is 31.5. The van der Waals surface area contributed by atoms with Crippen molar-refractivity contribution < 1.29 is 23.1 Å². The Morgan fingerprint density at radius 2 is 1.55 bits per heavy atom. The molecule has 0 saturated carbocycles. The molecule has 2 atom stereocenters. The van der Waals surface area contributed by atoms with Crippen molar-refractivity contribution in [2.24, 2.45) is 5.92 Å². The highest BCUT2D eigenvalue weighted by Crippen LogP contribution is 2.23. The number of rotatable bonds is 10. The van der Waals surface area contributed by atoms with Gasteiger partial charge in [0.25, 0.3) is 0 Å². The molecule has 2 aliphatic rings. The molecule has 9 heteroatoms. The Kier molecular flexibility index (Phi) is 10.1. The maximum absolute atomic E-state index is 13.0. The number of likely N-dealkylation sites (tertiary alicyclic amines) is 1. The highest BCUT2D eigenvalue weighted by atomic mass is 32.2. The van der Waals surface area contributed by atoms with Crippen molar-refractivity contribution in [3.8, 4) is 5.75 Å². The standard InChI is InChI=1S/C33H41N3O5S/c1-34-17-19-36(20-18-34)24-27-7-9-28(10-8-27)33(38)41-30-11-13-31(14-12-30)42(39,40)22-21-35-16-15-29(32(37)25-35)23-26-5-3-2-4-6-26/h2-14,29,32,37H,15-25H2,1H3/t29?,32-/m1/s1. The molecule has 2 aliphatic heterocycles. The van der Waals surface area contributed by atoms with Crippen molar-refractivity contribution in [2.45, 2.75) is 30.4 Å². The van der Waals surface area contributed by atoms with Gasteiger partial charge in [-0.3, -0.25) is 9.80 Å². The van der Waals surface area contributed by atoms with E-state index in [4.69, 9.17) is 4.74 Å². The number of aliphatic hydroxyl groups excluding tert-OH is 1. The number of carbonyl (C=O) groups excluding carboxylic acids is 1.